The zero-order chi connectivity index (χ0) is 27.8. The first kappa shape index (κ1) is 27.3. The Balaban J connectivity index is 1.51. The summed E-state index contributed by atoms with van der Waals surface area (Å²) < 4.78 is 15.9. The highest BCUT2D eigenvalue weighted by molar-refractivity contribution is 5.98. The third-order valence-corrected chi connectivity index (χ3v) is 7.80. The summed E-state index contributed by atoms with van der Waals surface area (Å²) in [5.74, 6) is -1.73. The fraction of sp³-hybridized carbons (Fsp3) is 0.500. The highest BCUT2D eigenvalue weighted by atomic mass is 19.1. The standard InChI is InChI=1S/C28H36FN5O4/c1-6-19-7-9-22(29)21(15-19)25(36)30-24(18(2)3)26(37)33-13-11-28(12-14-33)27(38)32(5)17-34(28)20-8-10-23(35)31(4)16-20/h7-10,15-16,18,24H,6,11-14,17H2,1-5H3,(H,30,36). The Labute approximate surface area is 222 Å². The normalized spacial score (nSPS) is 17.9. The summed E-state index contributed by atoms with van der Waals surface area (Å²) in [4.78, 5) is 57.1. The quantitative estimate of drug-likeness (QED) is 0.624. The molecule has 2 aromatic rings. The summed E-state index contributed by atoms with van der Waals surface area (Å²) in [6.07, 6.45) is 3.21. The zero-order valence-corrected chi connectivity index (χ0v) is 22.7. The van der Waals surface area contributed by atoms with E-state index in [2.05, 4.69) is 5.32 Å². The Hall–Kier alpha value is -3.69. The molecule has 4 rings (SSSR count). The van der Waals surface area contributed by atoms with E-state index in [9.17, 15) is 23.6 Å². The number of rotatable bonds is 6. The molecular formula is C28H36FN5O4. The molecule has 1 aromatic heterocycles. The monoisotopic (exact) mass is 525 g/mol. The number of anilines is 1. The van der Waals surface area contributed by atoms with Crippen LogP contribution < -0.4 is 15.8 Å². The van der Waals surface area contributed by atoms with Crippen LogP contribution >= 0.6 is 0 Å². The van der Waals surface area contributed by atoms with Gasteiger partial charge < -0.3 is 24.6 Å². The second kappa shape index (κ2) is 10.6. The Morgan fingerprint density at radius 2 is 1.76 bits per heavy atom. The molecule has 1 unspecified atom stereocenters. The summed E-state index contributed by atoms with van der Waals surface area (Å²) in [7, 11) is 3.42. The number of nitrogens with one attached hydrogen (secondary N) is 1. The van der Waals surface area contributed by atoms with Gasteiger partial charge >= 0.3 is 0 Å². The lowest BCUT2D eigenvalue weighted by molar-refractivity contribution is -0.139. The van der Waals surface area contributed by atoms with Crippen molar-refractivity contribution in [2.24, 2.45) is 13.0 Å². The van der Waals surface area contributed by atoms with Gasteiger partial charge in [0.05, 0.1) is 17.9 Å². The van der Waals surface area contributed by atoms with Gasteiger partial charge in [0.2, 0.25) is 17.4 Å². The number of hydrogen-bond donors (Lipinski definition) is 1. The molecule has 0 aliphatic carbocycles. The maximum absolute atomic E-state index is 14.4. The molecule has 1 spiro atoms. The zero-order valence-electron chi connectivity index (χ0n) is 22.7. The first-order chi connectivity index (χ1) is 18.0. The van der Waals surface area contributed by atoms with E-state index >= 15 is 0 Å². The van der Waals surface area contributed by atoms with Crippen LogP contribution in [-0.4, -0.2) is 70.5 Å². The summed E-state index contributed by atoms with van der Waals surface area (Å²) in [6, 6.07) is 6.82. The molecule has 0 saturated carbocycles. The number of piperidine rings is 1. The van der Waals surface area contributed by atoms with E-state index in [0.29, 0.717) is 39.0 Å². The van der Waals surface area contributed by atoms with E-state index in [1.807, 2.05) is 25.7 Å². The average Bonchev–Trinajstić information content (AvgIpc) is 3.13. The minimum absolute atomic E-state index is 0.0153. The second-order valence-corrected chi connectivity index (χ2v) is 10.6. The molecule has 2 aliphatic heterocycles. The number of aromatic nitrogens is 1. The molecule has 2 fully saturated rings. The van der Waals surface area contributed by atoms with Gasteiger partial charge in [-0.25, -0.2) is 4.39 Å². The predicted molar refractivity (Wildman–Crippen MR) is 142 cm³/mol. The van der Waals surface area contributed by atoms with Crippen molar-refractivity contribution in [3.8, 4) is 0 Å². The Morgan fingerprint density at radius 1 is 1.08 bits per heavy atom. The molecule has 1 N–H and O–H groups in total. The SMILES string of the molecule is CCc1ccc(F)c(C(=O)NC(C(=O)N2CCC3(CC2)C(=O)N(C)CN3c2ccc(=O)n(C)c2)C(C)C)c1. The van der Waals surface area contributed by atoms with Gasteiger partial charge in [-0.2, -0.15) is 0 Å². The molecule has 3 heterocycles. The van der Waals surface area contributed by atoms with Gasteiger partial charge in [0, 0.05) is 39.4 Å². The average molecular weight is 526 g/mol. The van der Waals surface area contributed by atoms with Crippen molar-refractivity contribution in [2.45, 2.75) is 51.6 Å². The van der Waals surface area contributed by atoms with Gasteiger partial charge in [-0.3, -0.25) is 19.2 Å². The number of halogens is 1. The fourth-order valence-electron chi connectivity index (χ4n) is 5.43. The lowest BCUT2D eigenvalue weighted by atomic mass is 9.85. The highest BCUT2D eigenvalue weighted by Crippen LogP contribution is 2.39. The molecule has 1 atom stereocenters. The van der Waals surface area contributed by atoms with E-state index in [0.717, 1.165) is 11.3 Å². The lowest BCUT2D eigenvalue weighted by Crippen LogP contribution is -2.60. The van der Waals surface area contributed by atoms with Crippen LogP contribution in [0.2, 0.25) is 0 Å². The number of likely N-dealkylation sites (N-methyl/N-ethyl adjacent to an activating group) is 1. The summed E-state index contributed by atoms with van der Waals surface area (Å²) in [5.41, 5.74) is 0.578. The Morgan fingerprint density at radius 3 is 2.37 bits per heavy atom. The first-order valence-electron chi connectivity index (χ1n) is 13.1. The van der Waals surface area contributed by atoms with E-state index in [1.54, 1.807) is 42.2 Å². The number of likely N-dealkylation sites (tertiary alicyclic amines) is 1. The van der Waals surface area contributed by atoms with E-state index < -0.39 is 23.3 Å². The third kappa shape index (κ3) is 4.91. The number of carbonyl (C=O) groups excluding carboxylic acids is 3. The van der Waals surface area contributed by atoms with Crippen molar-refractivity contribution in [1.82, 2.24) is 19.7 Å². The molecule has 1 aromatic carbocycles. The summed E-state index contributed by atoms with van der Waals surface area (Å²) in [6.45, 7) is 6.65. The van der Waals surface area contributed by atoms with Gasteiger partial charge in [-0.05, 0) is 48.9 Å². The van der Waals surface area contributed by atoms with Crippen LogP contribution in [0.1, 0.15) is 49.5 Å². The largest absolute Gasteiger partial charge is 0.341 e. The van der Waals surface area contributed by atoms with Gasteiger partial charge in [0.25, 0.3) is 5.91 Å². The molecule has 3 amide bonds. The topological polar surface area (TPSA) is 95.0 Å². The number of amides is 3. The lowest BCUT2D eigenvalue weighted by Gasteiger charge is -2.44. The van der Waals surface area contributed by atoms with Gasteiger partial charge in [0.15, 0.2) is 0 Å². The molecule has 2 saturated heterocycles. The van der Waals surface area contributed by atoms with E-state index in [1.165, 1.54) is 22.8 Å². The van der Waals surface area contributed by atoms with Crippen LogP contribution in [0.3, 0.4) is 0 Å². The fourth-order valence-corrected chi connectivity index (χ4v) is 5.43. The molecule has 38 heavy (non-hydrogen) atoms. The van der Waals surface area contributed by atoms with Crippen LogP contribution in [0, 0.1) is 11.7 Å². The van der Waals surface area contributed by atoms with Gasteiger partial charge in [-0.1, -0.05) is 26.8 Å². The smallest absolute Gasteiger partial charge is 0.254 e. The third-order valence-electron chi connectivity index (χ3n) is 7.80. The number of nitrogens with zero attached hydrogens (tertiary/aromatic N) is 4. The van der Waals surface area contributed by atoms with E-state index in [-0.39, 0.29) is 28.9 Å². The number of pyridine rings is 1. The Kier molecular flexibility index (Phi) is 7.62. The van der Waals surface area contributed by atoms with Crippen molar-refractivity contribution in [2.75, 3.05) is 31.7 Å². The van der Waals surface area contributed by atoms with Crippen LogP contribution in [0.4, 0.5) is 10.1 Å². The molecule has 9 nitrogen and oxygen atoms in total. The summed E-state index contributed by atoms with van der Waals surface area (Å²) >= 11 is 0. The van der Waals surface area contributed by atoms with Crippen molar-refractivity contribution in [1.29, 1.82) is 0 Å². The second-order valence-electron chi connectivity index (χ2n) is 10.6. The van der Waals surface area contributed by atoms with Crippen molar-refractivity contribution >= 4 is 23.4 Å². The van der Waals surface area contributed by atoms with E-state index in [4.69, 9.17) is 0 Å². The number of hydrogen-bond acceptors (Lipinski definition) is 5. The highest BCUT2D eigenvalue weighted by Gasteiger charge is 2.53. The summed E-state index contributed by atoms with van der Waals surface area (Å²) in [5, 5.41) is 2.76. The minimum Gasteiger partial charge on any atom is -0.341 e. The maximum Gasteiger partial charge on any atom is 0.254 e. The molecule has 0 bridgehead atoms. The van der Waals surface area contributed by atoms with Crippen molar-refractivity contribution < 1.29 is 18.8 Å². The first-order valence-corrected chi connectivity index (χ1v) is 13.1. The van der Waals surface area contributed by atoms with Crippen LogP contribution in [0.5, 0.6) is 0 Å². The number of carbonyl (C=O) groups is 3. The van der Waals surface area contributed by atoms with Gasteiger partial charge in [-0.15, -0.1) is 0 Å². The minimum atomic E-state index is -0.831. The van der Waals surface area contributed by atoms with Crippen LogP contribution in [0.15, 0.2) is 41.3 Å². The van der Waals surface area contributed by atoms with Crippen LogP contribution in [-0.2, 0) is 23.1 Å². The number of benzene rings is 1. The molecule has 10 heteroatoms. The predicted octanol–water partition coefficient (Wildman–Crippen LogP) is 2.14. The van der Waals surface area contributed by atoms with Crippen molar-refractivity contribution in [3.05, 3.63) is 63.8 Å². The molecule has 0 radical (unpaired) electrons. The number of aryl methyl sites for hydroxylation is 2. The maximum atomic E-state index is 14.4. The van der Waals surface area contributed by atoms with Crippen LogP contribution in [0.25, 0.3) is 0 Å². The van der Waals surface area contributed by atoms with Gasteiger partial charge in [0.1, 0.15) is 17.4 Å². The Bertz CT molecular complexity index is 1300. The molecular weight excluding hydrogens is 489 g/mol. The van der Waals surface area contributed by atoms with Crippen molar-refractivity contribution in [3.63, 3.8) is 0 Å². The molecule has 2 aliphatic rings. The molecule has 204 valence electrons.